The Bertz CT molecular complexity index is 561. The van der Waals surface area contributed by atoms with E-state index >= 15 is 0 Å². The van der Waals surface area contributed by atoms with Crippen LogP contribution in [0.1, 0.15) is 48.9 Å². The van der Waals surface area contributed by atoms with Crippen molar-refractivity contribution in [3.05, 3.63) is 22.9 Å². The van der Waals surface area contributed by atoms with Gasteiger partial charge in [0.2, 0.25) is 0 Å². The van der Waals surface area contributed by atoms with E-state index in [-0.39, 0.29) is 0 Å². The SMILES string of the molecule is Cc1cc(C)c(C#N)c(NC2CC3CCCC(C2)N3C)n1. The summed E-state index contributed by atoms with van der Waals surface area (Å²) in [6, 6.07) is 6.10. The normalized spacial score (nSPS) is 29.0. The van der Waals surface area contributed by atoms with Crippen molar-refractivity contribution in [1.82, 2.24) is 9.88 Å². The molecule has 2 saturated heterocycles. The Morgan fingerprint density at radius 2 is 1.95 bits per heavy atom. The molecular weight excluding hydrogens is 260 g/mol. The van der Waals surface area contributed by atoms with Gasteiger partial charge in [-0.3, -0.25) is 0 Å². The molecule has 4 heteroatoms. The Hall–Kier alpha value is -1.60. The van der Waals surface area contributed by atoms with Gasteiger partial charge in [-0.05, 0) is 58.2 Å². The van der Waals surface area contributed by atoms with Crippen LogP contribution in [0.2, 0.25) is 0 Å². The van der Waals surface area contributed by atoms with Gasteiger partial charge in [0, 0.05) is 23.8 Å². The summed E-state index contributed by atoms with van der Waals surface area (Å²) in [6.07, 6.45) is 6.28. The standard InChI is InChI=1S/C17H24N4/c1-11-7-12(2)19-17(16(11)10-18)20-13-8-14-5-4-6-15(9-13)21(14)3/h7,13-15H,4-6,8-9H2,1-3H3,(H,19,20). The fourth-order valence-electron chi connectivity index (χ4n) is 4.01. The number of aromatic nitrogens is 1. The highest BCUT2D eigenvalue weighted by Crippen LogP contribution is 2.34. The summed E-state index contributed by atoms with van der Waals surface area (Å²) in [5.41, 5.74) is 2.69. The van der Waals surface area contributed by atoms with Gasteiger partial charge in [0.25, 0.3) is 0 Å². The summed E-state index contributed by atoms with van der Waals surface area (Å²) >= 11 is 0. The molecule has 4 nitrogen and oxygen atoms in total. The van der Waals surface area contributed by atoms with Gasteiger partial charge in [-0.1, -0.05) is 6.42 Å². The molecule has 0 spiro atoms. The largest absolute Gasteiger partial charge is 0.366 e. The minimum Gasteiger partial charge on any atom is -0.366 e. The molecule has 0 radical (unpaired) electrons. The van der Waals surface area contributed by atoms with Gasteiger partial charge in [0.15, 0.2) is 0 Å². The van der Waals surface area contributed by atoms with Crippen molar-refractivity contribution in [2.24, 2.45) is 0 Å². The molecule has 1 aromatic rings. The predicted octanol–water partition coefficient (Wildman–Crippen LogP) is 3.00. The lowest BCUT2D eigenvalue weighted by molar-refractivity contribution is 0.0608. The fourth-order valence-corrected chi connectivity index (χ4v) is 4.01. The minimum absolute atomic E-state index is 0.442. The highest BCUT2D eigenvalue weighted by molar-refractivity contribution is 5.56. The molecule has 1 aromatic heterocycles. The second kappa shape index (κ2) is 5.65. The van der Waals surface area contributed by atoms with Crippen LogP contribution in [0.15, 0.2) is 6.07 Å². The van der Waals surface area contributed by atoms with E-state index in [1.165, 1.54) is 19.3 Å². The molecule has 112 valence electrons. The van der Waals surface area contributed by atoms with E-state index in [1.54, 1.807) is 0 Å². The van der Waals surface area contributed by atoms with E-state index in [0.29, 0.717) is 23.7 Å². The first-order valence-corrected chi connectivity index (χ1v) is 7.95. The topological polar surface area (TPSA) is 52.0 Å². The molecule has 0 saturated carbocycles. The quantitative estimate of drug-likeness (QED) is 0.907. The number of anilines is 1. The molecule has 1 N–H and O–H groups in total. The first-order chi connectivity index (χ1) is 10.1. The highest BCUT2D eigenvalue weighted by Gasteiger charge is 2.36. The maximum atomic E-state index is 9.38. The van der Waals surface area contributed by atoms with E-state index in [1.807, 2.05) is 19.9 Å². The summed E-state index contributed by atoms with van der Waals surface area (Å²) in [4.78, 5) is 7.12. The number of hydrogen-bond acceptors (Lipinski definition) is 4. The zero-order valence-electron chi connectivity index (χ0n) is 13.2. The van der Waals surface area contributed by atoms with Crippen molar-refractivity contribution >= 4 is 5.82 Å². The fraction of sp³-hybridized carbons (Fsp3) is 0.647. The molecule has 0 aromatic carbocycles. The number of piperidine rings is 2. The highest BCUT2D eigenvalue weighted by atomic mass is 15.2. The monoisotopic (exact) mass is 284 g/mol. The number of fused-ring (bicyclic) bond motifs is 2. The average molecular weight is 284 g/mol. The Labute approximate surface area is 127 Å². The van der Waals surface area contributed by atoms with Gasteiger partial charge in [-0.15, -0.1) is 0 Å². The predicted molar refractivity (Wildman–Crippen MR) is 84.3 cm³/mol. The van der Waals surface area contributed by atoms with Gasteiger partial charge in [0.05, 0.1) is 5.56 Å². The van der Waals surface area contributed by atoms with E-state index in [2.05, 4.69) is 28.3 Å². The van der Waals surface area contributed by atoms with Gasteiger partial charge >= 0.3 is 0 Å². The van der Waals surface area contributed by atoms with Crippen LogP contribution in [0.4, 0.5) is 5.82 Å². The Kier molecular flexibility index (Phi) is 3.86. The van der Waals surface area contributed by atoms with Crippen LogP contribution in [-0.4, -0.2) is 35.1 Å². The summed E-state index contributed by atoms with van der Waals surface area (Å²) in [5, 5.41) is 13.0. The lowest BCUT2D eigenvalue weighted by Gasteiger charge is -2.47. The van der Waals surface area contributed by atoms with Crippen LogP contribution in [-0.2, 0) is 0 Å². The van der Waals surface area contributed by atoms with Crippen molar-refractivity contribution in [1.29, 1.82) is 5.26 Å². The summed E-state index contributed by atoms with van der Waals surface area (Å²) < 4.78 is 0. The molecule has 2 aliphatic rings. The number of rotatable bonds is 2. The van der Waals surface area contributed by atoms with Crippen molar-refractivity contribution in [2.45, 2.75) is 64.1 Å². The van der Waals surface area contributed by atoms with E-state index in [0.717, 1.165) is 29.9 Å². The second-order valence-electron chi connectivity index (χ2n) is 6.63. The van der Waals surface area contributed by atoms with E-state index in [9.17, 15) is 5.26 Å². The summed E-state index contributed by atoms with van der Waals surface area (Å²) in [5.74, 6) is 0.780. The molecular formula is C17H24N4. The van der Waals surface area contributed by atoms with Crippen molar-refractivity contribution in [3.63, 3.8) is 0 Å². The molecule has 2 fully saturated rings. The average Bonchev–Trinajstić information content (AvgIpc) is 2.39. The number of pyridine rings is 1. The summed E-state index contributed by atoms with van der Waals surface area (Å²) in [6.45, 7) is 3.98. The smallest absolute Gasteiger partial charge is 0.144 e. The Balaban J connectivity index is 1.80. The van der Waals surface area contributed by atoms with Gasteiger partial charge in [0.1, 0.15) is 11.9 Å². The molecule has 21 heavy (non-hydrogen) atoms. The second-order valence-corrected chi connectivity index (χ2v) is 6.63. The van der Waals surface area contributed by atoms with E-state index < -0.39 is 0 Å². The van der Waals surface area contributed by atoms with Crippen LogP contribution in [0.25, 0.3) is 0 Å². The number of nitrogens with zero attached hydrogens (tertiary/aromatic N) is 3. The zero-order valence-corrected chi connectivity index (χ0v) is 13.2. The number of nitrogens with one attached hydrogen (secondary N) is 1. The minimum atomic E-state index is 0.442. The third kappa shape index (κ3) is 2.75. The maximum absolute atomic E-state index is 9.38. The van der Waals surface area contributed by atoms with Crippen LogP contribution < -0.4 is 5.32 Å². The van der Waals surface area contributed by atoms with Crippen molar-refractivity contribution in [2.75, 3.05) is 12.4 Å². The number of hydrogen-bond donors (Lipinski definition) is 1. The number of aryl methyl sites for hydroxylation is 2. The van der Waals surface area contributed by atoms with Crippen LogP contribution in [0.3, 0.4) is 0 Å². The molecule has 0 amide bonds. The van der Waals surface area contributed by atoms with Crippen LogP contribution in [0.5, 0.6) is 0 Å². The third-order valence-electron chi connectivity index (χ3n) is 5.14. The van der Waals surface area contributed by atoms with Crippen molar-refractivity contribution in [3.8, 4) is 6.07 Å². The lowest BCUT2D eigenvalue weighted by Crippen LogP contribution is -2.52. The third-order valence-corrected chi connectivity index (χ3v) is 5.14. The van der Waals surface area contributed by atoms with Gasteiger partial charge < -0.3 is 10.2 Å². The molecule has 2 bridgehead atoms. The first-order valence-electron chi connectivity index (χ1n) is 7.95. The Morgan fingerprint density at radius 1 is 1.29 bits per heavy atom. The van der Waals surface area contributed by atoms with Crippen molar-refractivity contribution < 1.29 is 0 Å². The zero-order chi connectivity index (χ0) is 15.0. The molecule has 3 heterocycles. The van der Waals surface area contributed by atoms with Gasteiger partial charge in [-0.2, -0.15) is 5.26 Å². The summed E-state index contributed by atoms with van der Waals surface area (Å²) in [7, 11) is 2.26. The first kappa shape index (κ1) is 14.3. The molecule has 2 aliphatic heterocycles. The van der Waals surface area contributed by atoms with Crippen LogP contribution in [0, 0.1) is 25.2 Å². The molecule has 2 unspecified atom stereocenters. The van der Waals surface area contributed by atoms with E-state index in [4.69, 9.17) is 0 Å². The molecule has 3 rings (SSSR count). The van der Waals surface area contributed by atoms with Gasteiger partial charge in [-0.25, -0.2) is 4.98 Å². The Morgan fingerprint density at radius 3 is 2.57 bits per heavy atom. The lowest BCUT2D eigenvalue weighted by atomic mass is 9.82. The number of nitriles is 1. The molecule has 2 atom stereocenters. The maximum Gasteiger partial charge on any atom is 0.144 e. The molecule has 0 aliphatic carbocycles. The van der Waals surface area contributed by atoms with Crippen LogP contribution >= 0.6 is 0 Å².